The molecule has 3 aromatic rings. The lowest BCUT2D eigenvalue weighted by Gasteiger charge is -2.02. The summed E-state index contributed by atoms with van der Waals surface area (Å²) >= 11 is 5.80. The Balaban J connectivity index is 1.68. The predicted octanol–water partition coefficient (Wildman–Crippen LogP) is 4.56. The lowest BCUT2D eigenvalue weighted by molar-refractivity contribution is 0.0955. The van der Waals surface area contributed by atoms with E-state index in [0.717, 1.165) is 11.0 Å². The summed E-state index contributed by atoms with van der Waals surface area (Å²) in [6, 6.07) is 17.7. The van der Waals surface area contributed by atoms with E-state index in [1.807, 2.05) is 6.92 Å². The van der Waals surface area contributed by atoms with Gasteiger partial charge in [0.15, 0.2) is 9.84 Å². The van der Waals surface area contributed by atoms with E-state index in [0.29, 0.717) is 11.1 Å². The van der Waals surface area contributed by atoms with Crippen molar-refractivity contribution in [2.75, 3.05) is 0 Å². The number of hydrogen-bond donors (Lipinski definition) is 2. The molecule has 0 atom stereocenters. The first-order valence-electron chi connectivity index (χ1n) is 9.16. The fraction of sp³-hybridized carbons (Fsp3) is 0.0435. The predicted molar refractivity (Wildman–Crippen MR) is 122 cm³/mol. The SMILES string of the molecule is Cc1ccc(S(=O)(=O)/C=C/c2cccc(/C=N/NC(=O)c3ccc(O)c(Cl)c3)c2)cc1. The van der Waals surface area contributed by atoms with E-state index in [1.54, 1.807) is 48.5 Å². The highest BCUT2D eigenvalue weighted by Crippen LogP contribution is 2.23. The second-order valence-corrected chi connectivity index (χ2v) is 8.94. The molecule has 0 aromatic heterocycles. The molecular formula is C23H19ClN2O4S. The number of carbonyl (C=O) groups excluding carboxylic acids is 1. The van der Waals surface area contributed by atoms with Gasteiger partial charge in [0.2, 0.25) is 0 Å². The molecule has 31 heavy (non-hydrogen) atoms. The lowest BCUT2D eigenvalue weighted by atomic mass is 10.1. The maximum absolute atomic E-state index is 12.4. The third-order valence-electron chi connectivity index (χ3n) is 4.29. The molecule has 0 aliphatic carbocycles. The number of halogens is 1. The van der Waals surface area contributed by atoms with Crippen LogP contribution >= 0.6 is 11.6 Å². The Morgan fingerprint density at radius 3 is 2.45 bits per heavy atom. The number of hydrogen-bond acceptors (Lipinski definition) is 5. The highest BCUT2D eigenvalue weighted by atomic mass is 35.5. The molecule has 0 saturated heterocycles. The first-order valence-corrected chi connectivity index (χ1v) is 11.1. The minimum Gasteiger partial charge on any atom is -0.506 e. The topological polar surface area (TPSA) is 95.8 Å². The highest BCUT2D eigenvalue weighted by molar-refractivity contribution is 7.94. The van der Waals surface area contributed by atoms with Gasteiger partial charge in [0, 0.05) is 11.0 Å². The summed E-state index contributed by atoms with van der Waals surface area (Å²) < 4.78 is 24.9. The molecule has 3 rings (SSSR count). The van der Waals surface area contributed by atoms with Gasteiger partial charge >= 0.3 is 0 Å². The molecule has 0 radical (unpaired) electrons. The summed E-state index contributed by atoms with van der Waals surface area (Å²) in [5.41, 5.74) is 4.93. The number of benzene rings is 3. The standard InChI is InChI=1S/C23H19ClN2O4S/c1-16-5-8-20(9-6-16)31(29,30)12-11-17-3-2-4-18(13-17)15-25-26-23(28)19-7-10-22(27)21(24)14-19/h2-15,27H,1H3,(H,26,28)/b12-11+,25-15+. The van der Waals surface area contributed by atoms with Gasteiger partial charge in [0.1, 0.15) is 5.75 Å². The van der Waals surface area contributed by atoms with Crippen LogP contribution < -0.4 is 5.43 Å². The number of phenols is 1. The Labute approximate surface area is 185 Å². The van der Waals surface area contributed by atoms with Crippen LogP contribution in [0.15, 0.2) is 82.1 Å². The third kappa shape index (κ3) is 6.04. The van der Waals surface area contributed by atoms with Crippen LogP contribution in [0, 0.1) is 6.92 Å². The van der Waals surface area contributed by atoms with Gasteiger partial charge in [-0.2, -0.15) is 5.10 Å². The summed E-state index contributed by atoms with van der Waals surface area (Å²) in [5, 5.41) is 14.5. The van der Waals surface area contributed by atoms with Crippen LogP contribution in [0.4, 0.5) is 0 Å². The summed E-state index contributed by atoms with van der Waals surface area (Å²) in [5.74, 6) is -0.602. The number of carbonyl (C=O) groups is 1. The van der Waals surface area contributed by atoms with Crippen LogP contribution in [0.5, 0.6) is 5.75 Å². The summed E-state index contributed by atoms with van der Waals surface area (Å²) in [4.78, 5) is 12.3. The number of rotatable bonds is 6. The van der Waals surface area contributed by atoms with Gasteiger partial charge in [-0.1, -0.05) is 47.5 Å². The van der Waals surface area contributed by atoms with E-state index in [9.17, 15) is 18.3 Å². The number of hydrazone groups is 1. The van der Waals surface area contributed by atoms with E-state index < -0.39 is 15.7 Å². The molecule has 3 aromatic carbocycles. The maximum Gasteiger partial charge on any atom is 0.271 e. The number of nitrogens with zero attached hydrogens (tertiary/aromatic N) is 1. The zero-order chi connectivity index (χ0) is 22.4. The molecule has 0 aliphatic rings. The van der Waals surface area contributed by atoms with Crippen LogP contribution in [0.25, 0.3) is 6.08 Å². The Kier molecular flexibility index (Phi) is 6.89. The molecule has 0 spiro atoms. The number of sulfone groups is 1. The van der Waals surface area contributed by atoms with E-state index >= 15 is 0 Å². The minimum atomic E-state index is -3.55. The number of aryl methyl sites for hydroxylation is 1. The van der Waals surface area contributed by atoms with Gasteiger partial charge < -0.3 is 5.11 Å². The summed E-state index contributed by atoms with van der Waals surface area (Å²) in [7, 11) is -3.55. The molecule has 0 fully saturated rings. The number of amides is 1. The molecule has 0 bridgehead atoms. The lowest BCUT2D eigenvalue weighted by Crippen LogP contribution is -2.17. The van der Waals surface area contributed by atoms with Gasteiger partial charge in [-0.15, -0.1) is 0 Å². The average Bonchev–Trinajstić information content (AvgIpc) is 2.75. The average molecular weight is 455 g/mol. The van der Waals surface area contributed by atoms with Crippen LogP contribution in [0.3, 0.4) is 0 Å². The van der Waals surface area contributed by atoms with E-state index in [1.165, 1.54) is 30.5 Å². The molecule has 8 heteroatoms. The monoisotopic (exact) mass is 454 g/mol. The van der Waals surface area contributed by atoms with Crippen molar-refractivity contribution in [2.24, 2.45) is 5.10 Å². The molecule has 0 heterocycles. The van der Waals surface area contributed by atoms with Crippen molar-refractivity contribution in [3.8, 4) is 5.75 Å². The fourth-order valence-corrected chi connectivity index (χ4v) is 3.79. The fourth-order valence-electron chi connectivity index (χ4n) is 2.60. The van der Waals surface area contributed by atoms with Crippen LogP contribution in [0.2, 0.25) is 5.02 Å². The second-order valence-electron chi connectivity index (χ2n) is 6.70. The van der Waals surface area contributed by atoms with Crippen molar-refractivity contribution < 1.29 is 18.3 Å². The van der Waals surface area contributed by atoms with Crippen LogP contribution in [-0.2, 0) is 9.84 Å². The van der Waals surface area contributed by atoms with E-state index in [2.05, 4.69) is 10.5 Å². The normalized spacial score (nSPS) is 11.8. The molecule has 0 saturated carbocycles. The molecule has 1 amide bonds. The van der Waals surface area contributed by atoms with Crippen molar-refractivity contribution in [1.82, 2.24) is 5.43 Å². The van der Waals surface area contributed by atoms with Gasteiger partial charge in [0.05, 0.1) is 16.1 Å². The summed E-state index contributed by atoms with van der Waals surface area (Å²) in [6.45, 7) is 1.89. The zero-order valence-electron chi connectivity index (χ0n) is 16.5. The van der Waals surface area contributed by atoms with Crippen molar-refractivity contribution >= 4 is 39.6 Å². The molecule has 0 aliphatic heterocycles. The second kappa shape index (κ2) is 9.59. The van der Waals surface area contributed by atoms with Gasteiger partial charge in [-0.05, 0) is 60.5 Å². The minimum absolute atomic E-state index is 0.0664. The first-order chi connectivity index (χ1) is 14.7. The van der Waals surface area contributed by atoms with Crippen LogP contribution in [0.1, 0.15) is 27.0 Å². The first kappa shape index (κ1) is 22.3. The summed E-state index contributed by atoms with van der Waals surface area (Å²) in [6.07, 6.45) is 2.94. The van der Waals surface area contributed by atoms with E-state index in [4.69, 9.17) is 11.6 Å². The Bertz CT molecular complexity index is 1270. The Morgan fingerprint density at radius 1 is 1.03 bits per heavy atom. The van der Waals surface area contributed by atoms with E-state index in [-0.39, 0.29) is 21.2 Å². The Morgan fingerprint density at radius 2 is 1.74 bits per heavy atom. The van der Waals surface area contributed by atoms with Gasteiger partial charge in [-0.25, -0.2) is 13.8 Å². The highest BCUT2D eigenvalue weighted by Gasteiger charge is 2.10. The molecule has 158 valence electrons. The van der Waals surface area contributed by atoms with Crippen molar-refractivity contribution in [2.45, 2.75) is 11.8 Å². The number of aromatic hydroxyl groups is 1. The molecule has 2 N–H and O–H groups in total. The number of phenolic OH excluding ortho intramolecular Hbond substituents is 1. The number of nitrogens with one attached hydrogen (secondary N) is 1. The smallest absolute Gasteiger partial charge is 0.271 e. The van der Waals surface area contributed by atoms with Crippen molar-refractivity contribution in [1.29, 1.82) is 0 Å². The largest absolute Gasteiger partial charge is 0.506 e. The Hall–Kier alpha value is -3.42. The molecular weight excluding hydrogens is 436 g/mol. The van der Waals surface area contributed by atoms with Crippen molar-refractivity contribution in [3.05, 3.63) is 99.4 Å². The third-order valence-corrected chi connectivity index (χ3v) is 6.02. The van der Waals surface area contributed by atoms with Crippen LogP contribution in [-0.4, -0.2) is 25.6 Å². The van der Waals surface area contributed by atoms with Crippen molar-refractivity contribution in [3.63, 3.8) is 0 Å². The van der Waals surface area contributed by atoms with Gasteiger partial charge in [-0.3, -0.25) is 4.79 Å². The molecule has 6 nitrogen and oxygen atoms in total. The molecule has 0 unspecified atom stereocenters. The maximum atomic E-state index is 12.4. The van der Waals surface area contributed by atoms with Gasteiger partial charge in [0.25, 0.3) is 5.91 Å². The zero-order valence-corrected chi connectivity index (χ0v) is 18.1. The quantitative estimate of drug-likeness (QED) is 0.421.